The van der Waals surface area contributed by atoms with Gasteiger partial charge in [0.05, 0.1) is 4.90 Å². The molecule has 0 aliphatic carbocycles. The Kier molecular flexibility index (Phi) is 4.16. The first-order valence-corrected chi connectivity index (χ1v) is 8.49. The molecule has 0 aromatic heterocycles. The van der Waals surface area contributed by atoms with Gasteiger partial charge in [0.25, 0.3) is 10.0 Å². The smallest absolute Gasteiger partial charge is 0.280 e. The molecule has 0 aliphatic heterocycles. The zero-order valence-corrected chi connectivity index (χ0v) is 12.3. The fourth-order valence-electron chi connectivity index (χ4n) is 1.57. The van der Waals surface area contributed by atoms with E-state index in [2.05, 4.69) is 0 Å². The molecule has 0 radical (unpaired) electrons. The Morgan fingerprint density at radius 2 is 1.45 bits per heavy atom. The molecule has 0 saturated heterocycles. The van der Waals surface area contributed by atoms with Crippen LogP contribution in [0, 0.1) is 11.6 Å². The van der Waals surface area contributed by atoms with Crippen LogP contribution in [0.5, 0.6) is 0 Å². The van der Waals surface area contributed by atoms with E-state index in [1.807, 2.05) is 4.72 Å². The van der Waals surface area contributed by atoms with E-state index in [1.165, 1.54) is 0 Å². The maximum atomic E-state index is 13.2. The van der Waals surface area contributed by atoms with Gasteiger partial charge in [-0.3, -0.25) is 4.72 Å². The summed E-state index contributed by atoms with van der Waals surface area (Å²) in [5.74, 6) is -2.00. The summed E-state index contributed by atoms with van der Waals surface area (Å²) >= 11 is 0. The molecule has 1 N–H and O–H groups in total. The molecule has 0 saturated carbocycles. The first-order valence-electron chi connectivity index (χ1n) is 5.62. The third-order valence-electron chi connectivity index (χ3n) is 2.57. The molecule has 2 rings (SSSR count). The van der Waals surface area contributed by atoms with E-state index in [1.54, 1.807) is 0 Å². The third-order valence-corrected chi connectivity index (χ3v) is 4.79. The summed E-state index contributed by atoms with van der Waals surface area (Å²) < 4.78 is 86.5. The largest absolute Gasteiger partial charge is 0.335 e. The maximum absolute atomic E-state index is 13.2. The fraction of sp³-hybridized carbons (Fsp3) is 0. The minimum Gasteiger partial charge on any atom is -0.280 e. The molecule has 118 valence electrons. The van der Waals surface area contributed by atoms with E-state index in [0.29, 0.717) is 12.1 Å². The molecule has 0 aliphatic rings. The molecule has 2 aromatic rings. The van der Waals surface area contributed by atoms with Gasteiger partial charge in [0.15, 0.2) is 0 Å². The summed E-state index contributed by atoms with van der Waals surface area (Å²) in [6, 6.07) is 5.91. The summed E-state index contributed by atoms with van der Waals surface area (Å²) in [4.78, 5) is -2.04. The van der Waals surface area contributed by atoms with E-state index in [9.17, 15) is 29.5 Å². The average Bonchev–Trinajstić information content (AvgIpc) is 2.40. The van der Waals surface area contributed by atoms with Crippen LogP contribution >= 0.6 is 0 Å². The molecule has 5 nitrogen and oxygen atoms in total. The van der Waals surface area contributed by atoms with Crippen molar-refractivity contribution < 1.29 is 29.5 Å². The molecule has 0 bridgehead atoms. The minimum atomic E-state index is -5.41. The van der Waals surface area contributed by atoms with Gasteiger partial charge in [-0.2, -0.15) is 8.42 Å². The molecule has 0 spiro atoms. The summed E-state index contributed by atoms with van der Waals surface area (Å²) in [6.45, 7) is 0. The van der Waals surface area contributed by atoms with Crippen molar-refractivity contribution in [3.05, 3.63) is 54.1 Å². The van der Waals surface area contributed by atoms with Gasteiger partial charge < -0.3 is 0 Å². The van der Waals surface area contributed by atoms with Crippen LogP contribution in [-0.4, -0.2) is 16.8 Å². The van der Waals surface area contributed by atoms with Gasteiger partial charge in [0.2, 0.25) is 0 Å². The van der Waals surface area contributed by atoms with Crippen molar-refractivity contribution >= 4 is 25.9 Å². The first kappa shape index (κ1) is 16.3. The maximum Gasteiger partial charge on any atom is 0.335 e. The molecule has 22 heavy (non-hydrogen) atoms. The van der Waals surface area contributed by atoms with Crippen molar-refractivity contribution in [2.75, 3.05) is 4.72 Å². The molecule has 0 unspecified atom stereocenters. The number of hydrogen-bond acceptors (Lipinski definition) is 4. The van der Waals surface area contributed by atoms with Crippen LogP contribution in [0.15, 0.2) is 52.3 Å². The van der Waals surface area contributed by atoms with Gasteiger partial charge in [0.1, 0.15) is 16.5 Å². The summed E-state index contributed by atoms with van der Waals surface area (Å²) in [5.41, 5.74) is -0.00428. The van der Waals surface area contributed by atoms with E-state index >= 15 is 0 Å². The van der Waals surface area contributed by atoms with Crippen molar-refractivity contribution in [2.24, 2.45) is 0 Å². The molecule has 0 amide bonds. The lowest BCUT2D eigenvalue weighted by Gasteiger charge is -2.09. The molecular weight excluding hydrogens is 343 g/mol. The number of hydrogen-bond donors (Lipinski definition) is 1. The number of nitrogens with one attached hydrogen (secondary N) is 1. The summed E-state index contributed by atoms with van der Waals surface area (Å²) in [6.07, 6.45) is 0. The second kappa shape index (κ2) is 5.61. The molecule has 10 heteroatoms. The Labute approximate surface area is 124 Å². The SMILES string of the molecule is O=S(=O)(F)c1cc(S(=O)(=O)Nc2ccc(F)cc2)ccc1F. The third kappa shape index (κ3) is 3.57. The van der Waals surface area contributed by atoms with Gasteiger partial charge in [-0.25, -0.2) is 17.2 Å². The minimum absolute atomic E-state index is 0.00428. The van der Waals surface area contributed by atoms with Gasteiger partial charge in [0, 0.05) is 5.69 Å². The monoisotopic (exact) mass is 351 g/mol. The predicted octanol–water partition coefficient (Wildman–Crippen LogP) is 2.42. The van der Waals surface area contributed by atoms with Crippen LogP contribution in [0.1, 0.15) is 0 Å². The fourth-order valence-corrected chi connectivity index (χ4v) is 3.30. The Hall–Kier alpha value is -2.07. The Morgan fingerprint density at radius 1 is 0.864 bits per heavy atom. The number of anilines is 1. The van der Waals surface area contributed by atoms with Crippen LogP contribution < -0.4 is 4.72 Å². The van der Waals surface area contributed by atoms with E-state index in [4.69, 9.17) is 0 Å². The van der Waals surface area contributed by atoms with Crippen molar-refractivity contribution in [3.8, 4) is 0 Å². The van der Waals surface area contributed by atoms with Crippen molar-refractivity contribution in [1.82, 2.24) is 0 Å². The molecule has 2 aromatic carbocycles. The number of rotatable bonds is 4. The Morgan fingerprint density at radius 3 is 2.00 bits per heavy atom. The number of halogens is 3. The summed E-state index contributed by atoms with van der Waals surface area (Å²) in [5, 5.41) is 0. The highest BCUT2D eigenvalue weighted by molar-refractivity contribution is 7.92. The molecule has 0 fully saturated rings. The number of sulfonamides is 1. The lowest BCUT2D eigenvalue weighted by atomic mass is 10.3. The zero-order valence-electron chi connectivity index (χ0n) is 10.6. The van der Waals surface area contributed by atoms with Crippen LogP contribution in [0.25, 0.3) is 0 Å². The lowest BCUT2D eigenvalue weighted by molar-refractivity contribution is 0.532. The van der Waals surface area contributed by atoms with Crippen molar-refractivity contribution in [2.45, 2.75) is 9.79 Å². The lowest BCUT2D eigenvalue weighted by Crippen LogP contribution is -2.14. The van der Waals surface area contributed by atoms with Gasteiger partial charge in [-0.05, 0) is 42.5 Å². The van der Waals surface area contributed by atoms with Crippen molar-refractivity contribution in [1.29, 1.82) is 0 Å². The molecular formula is C12H8F3NO4S2. The normalized spacial score (nSPS) is 12.1. The Balaban J connectivity index is 2.44. The van der Waals surface area contributed by atoms with Gasteiger partial charge in [-0.15, -0.1) is 3.89 Å². The van der Waals surface area contributed by atoms with Crippen LogP contribution in [0.2, 0.25) is 0 Å². The summed E-state index contributed by atoms with van der Waals surface area (Å²) in [7, 11) is -9.71. The first-order chi connectivity index (χ1) is 10.1. The van der Waals surface area contributed by atoms with Crippen LogP contribution in [0.3, 0.4) is 0 Å². The zero-order chi connectivity index (χ0) is 16.5. The molecule has 0 atom stereocenters. The second-order valence-electron chi connectivity index (χ2n) is 4.14. The molecule has 0 heterocycles. The standard InChI is InChI=1S/C12H8F3NO4S2/c13-8-1-3-9(4-2-8)16-22(19,20)10-5-6-11(14)12(7-10)21(15,17)18/h1-7,16H. The topological polar surface area (TPSA) is 80.3 Å². The highest BCUT2D eigenvalue weighted by Crippen LogP contribution is 2.23. The highest BCUT2D eigenvalue weighted by atomic mass is 32.3. The van der Waals surface area contributed by atoms with Gasteiger partial charge in [-0.1, -0.05) is 0 Å². The van der Waals surface area contributed by atoms with E-state index < -0.39 is 41.7 Å². The van der Waals surface area contributed by atoms with Gasteiger partial charge >= 0.3 is 10.2 Å². The number of benzene rings is 2. The predicted molar refractivity (Wildman–Crippen MR) is 71.9 cm³/mol. The Bertz CT molecular complexity index is 910. The average molecular weight is 351 g/mol. The highest BCUT2D eigenvalue weighted by Gasteiger charge is 2.23. The van der Waals surface area contributed by atoms with Crippen LogP contribution in [0.4, 0.5) is 18.4 Å². The second-order valence-corrected chi connectivity index (χ2v) is 7.14. The van der Waals surface area contributed by atoms with E-state index in [0.717, 1.165) is 30.3 Å². The van der Waals surface area contributed by atoms with Crippen molar-refractivity contribution in [3.63, 3.8) is 0 Å². The van der Waals surface area contributed by atoms with Crippen LogP contribution in [-0.2, 0) is 20.2 Å². The van der Waals surface area contributed by atoms with E-state index in [-0.39, 0.29) is 5.69 Å². The quantitative estimate of drug-likeness (QED) is 0.858.